The van der Waals surface area contributed by atoms with E-state index in [9.17, 15) is 9.59 Å². The highest BCUT2D eigenvalue weighted by Crippen LogP contribution is 2.17. The molecule has 0 saturated heterocycles. The van der Waals surface area contributed by atoms with Crippen LogP contribution < -0.4 is 15.4 Å². The van der Waals surface area contributed by atoms with Crippen molar-refractivity contribution in [2.45, 2.75) is 0 Å². The lowest BCUT2D eigenvalue weighted by Gasteiger charge is -2.11. The molecule has 0 aliphatic carbocycles. The molecular formula is C18H17BrN2O3. The average molecular weight is 389 g/mol. The van der Waals surface area contributed by atoms with Crippen LogP contribution in [-0.2, 0) is 4.79 Å². The van der Waals surface area contributed by atoms with Crippen LogP contribution in [0.1, 0.15) is 10.4 Å². The lowest BCUT2D eigenvalue weighted by Crippen LogP contribution is -2.26. The Hall–Kier alpha value is -2.60. The van der Waals surface area contributed by atoms with Gasteiger partial charge in [-0.05, 0) is 36.4 Å². The molecule has 2 N–H and O–H groups in total. The molecule has 2 amide bonds. The smallest absolute Gasteiger partial charge is 0.262 e. The molecule has 0 heterocycles. The molecule has 0 fully saturated rings. The number of rotatable bonds is 7. The van der Waals surface area contributed by atoms with Crippen LogP contribution >= 0.6 is 15.9 Å². The van der Waals surface area contributed by atoms with E-state index in [4.69, 9.17) is 4.74 Å². The first-order chi connectivity index (χ1) is 11.6. The van der Waals surface area contributed by atoms with E-state index in [1.807, 2.05) is 12.1 Å². The Morgan fingerprint density at radius 1 is 1.12 bits per heavy atom. The molecule has 0 saturated carbocycles. The van der Waals surface area contributed by atoms with Gasteiger partial charge in [0, 0.05) is 11.0 Å². The molecule has 5 nitrogen and oxygen atoms in total. The Bertz CT molecular complexity index is 729. The van der Waals surface area contributed by atoms with Gasteiger partial charge < -0.3 is 15.4 Å². The SMILES string of the molecule is C=CCNC(=O)c1ccccc1NC(=O)COc1ccc(Br)cc1. The summed E-state index contributed by atoms with van der Waals surface area (Å²) in [5.41, 5.74) is 0.819. The van der Waals surface area contributed by atoms with Crippen molar-refractivity contribution in [3.63, 3.8) is 0 Å². The molecule has 2 aromatic rings. The van der Waals surface area contributed by atoms with Crippen molar-refractivity contribution in [2.24, 2.45) is 0 Å². The minimum atomic E-state index is -0.345. The Labute approximate surface area is 148 Å². The summed E-state index contributed by atoms with van der Waals surface area (Å²) in [6.07, 6.45) is 1.59. The highest BCUT2D eigenvalue weighted by Gasteiger charge is 2.12. The summed E-state index contributed by atoms with van der Waals surface area (Å²) in [5.74, 6) is -0.0353. The Morgan fingerprint density at radius 3 is 2.54 bits per heavy atom. The molecule has 24 heavy (non-hydrogen) atoms. The van der Waals surface area contributed by atoms with Crippen LogP contribution in [0, 0.1) is 0 Å². The fourth-order valence-electron chi connectivity index (χ4n) is 1.92. The number of para-hydroxylation sites is 1. The predicted octanol–water partition coefficient (Wildman–Crippen LogP) is 3.38. The number of benzene rings is 2. The zero-order valence-corrected chi connectivity index (χ0v) is 14.5. The minimum absolute atomic E-state index is 0.149. The van der Waals surface area contributed by atoms with E-state index in [0.29, 0.717) is 23.5 Å². The second kappa shape index (κ2) is 8.88. The number of carbonyl (C=O) groups is 2. The lowest BCUT2D eigenvalue weighted by atomic mass is 10.1. The number of hydrogen-bond acceptors (Lipinski definition) is 3. The van der Waals surface area contributed by atoms with Gasteiger partial charge in [0.05, 0.1) is 11.3 Å². The minimum Gasteiger partial charge on any atom is -0.484 e. The van der Waals surface area contributed by atoms with E-state index in [-0.39, 0.29) is 18.4 Å². The number of ether oxygens (including phenoxy) is 1. The van der Waals surface area contributed by atoms with Crippen molar-refractivity contribution in [2.75, 3.05) is 18.5 Å². The van der Waals surface area contributed by atoms with Gasteiger partial charge in [-0.2, -0.15) is 0 Å². The highest BCUT2D eigenvalue weighted by atomic mass is 79.9. The van der Waals surface area contributed by atoms with Crippen molar-refractivity contribution in [1.29, 1.82) is 0 Å². The maximum atomic E-state index is 12.1. The fraction of sp³-hybridized carbons (Fsp3) is 0.111. The Morgan fingerprint density at radius 2 is 1.83 bits per heavy atom. The van der Waals surface area contributed by atoms with E-state index in [1.165, 1.54) is 0 Å². The van der Waals surface area contributed by atoms with Crippen LogP contribution in [0.4, 0.5) is 5.69 Å². The van der Waals surface area contributed by atoms with Gasteiger partial charge in [-0.1, -0.05) is 34.1 Å². The van der Waals surface area contributed by atoms with E-state index >= 15 is 0 Å². The maximum Gasteiger partial charge on any atom is 0.262 e. The molecule has 0 aliphatic rings. The van der Waals surface area contributed by atoms with Crippen molar-refractivity contribution < 1.29 is 14.3 Å². The van der Waals surface area contributed by atoms with Gasteiger partial charge in [0.1, 0.15) is 5.75 Å². The molecule has 0 bridgehead atoms. The zero-order valence-electron chi connectivity index (χ0n) is 12.9. The summed E-state index contributed by atoms with van der Waals surface area (Å²) in [4.78, 5) is 24.1. The van der Waals surface area contributed by atoms with Gasteiger partial charge in [0.15, 0.2) is 6.61 Å². The summed E-state index contributed by atoms with van der Waals surface area (Å²) in [6, 6.07) is 14.0. The monoisotopic (exact) mass is 388 g/mol. The highest BCUT2D eigenvalue weighted by molar-refractivity contribution is 9.10. The van der Waals surface area contributed by atoms with Crippen LogP contribution in [0.25, 0.3) is 0 Å². The third-order valence-corrected chi connectivity index (χ3v) is 3.56. The Balaban J connectivity index is 1.97. The lowest BCUT2D eigenvalue weighted by molar-refractivity contribution is -0.118. The quantitative estimate of drug-likeness (QED) is 0.714. The van der Waals surface area contributed by atoms with Gasteiger partial charge in [0.2, 0.25) is 0 Å². The van der Waals surface area contributed by atoms with Crippen LogP contribution in [0.2, 0.25) is 0 Å². The number of anilines is 1. The van der Waals surface area contributed by atoms with Crippen LogP contribution in [0.15, 0.2) is 65.7 Å². The van der Waals surface area contributed by atoms with Crippen LogP contribution in [-0.4, -0.2) is 25.0 Å². The number of amides is 2. The summed E-state index contributed by atoms with van der Waals surface area (Å²) < 4.78 is 6.34. The third kappa shape index (κ3) is 5.24. The first kappa shape index (κ1) is 17.7. The molecule has 2 aromatic carbocycles. The molecule has 0 atom stereocenters. The zero-order chi connectivity index (χ0) is 17.4. The Kier molecular flexibility index (Phi) is 6.57. The van der Waals surface area contributed by atoms with Gasteiger partial charge in [-0.15, -0.1) is 6.58 Å². The molecule has 0 spiro atoms. The largest absolute Gasteiger partial charge is 0.484 e. The van der Waals surface area contributed by atoms with E-state index in [0.717, 1.165) is 4.47 Å². The first-order valence-corrected chi connectivity index (χ1v) is 8.06. The molecular weight excluding hydrogens is 372 g/mol. The molecule has 0 radical (unpaired) electrons. The van der Waals surface area contributed by atoms with Crippen molar-refractivity contribution in [1.82, 2.24) is 5.32 Å². The first-order valence-electron chi connectivity index (χ1n) is 7.26. The summed E-state index contributed by atoms with van der Waals surface area (Å²) in [6.45, 7) is 3.76. The maximum absolute atomic E-state index is 12.1. The van der Waals surface area contributed by atoms with Crippen LogP contribution in [0.5, 0.6) is 5.75 Å². The second-order valence-corrected chi connectivity index (χ2v) is 5.75. The van der Waals surface area contributed by atoms with E-state index < -0.39 is 0 Å². The molecule has 2 rings (SSSR count). The van der Waals surface area contributed by atoms with Gasteiger partial charge in [-0.25, -0.2) is 0 Å². The molecule has 0 aliphatic heterocycles. The van der Waals surface area contributed by atoms with Gasteiger partial charge in [-0.3, -0.25) is 9.59 Å². The number of hydrogen-bond donors (Lipinski definition) is 2. The number of nitrogens with one attached hydrogen (secondary N) is 2. The van der Waals surface area contributed by atoms with Crippen molar-refractivity contribution in [3.05, 3.63) is 71.2 Å². The van der Waals surface area contributed by atoms with E-state index in [1.54, 1.807) is 42.5 Å². The number of halogens is 1. The summed E-state index contributed by atoms with van der Waals surface area (Å²) in [5, 5.41) is 5.37. The topological polar surface area (TPSA) is 67.4 Å². The fourth-order valence-corrected chi connectivity index (χ4v) is 2.18. The van der Waals surface area contributed by atoms with Crippen molar-refractivity contribution in [3.8, 4) is 5.75 Å². The second-order valence-electron chi connectivity index (χ2n) is 4.84. The predicted molar refractivity (Wildman–Crippen MR) is 97.2 cm³/mol. The summed E-state index contributed by atoms with van der Waals surface area (Å²) in [7, 11) is 0. The molecule has 6 heteroatoms. The standard InChI is InChI=1S/C18H17BrN2O3/c1-2-11-20-18(23)15-5-3-4-6-16(15)21-17(22)12-24-14-9-7-13(19)8-10-14/h2-10H,1,11-12H2,(H,20,23)(H,21,22). The van der Waals surface area contributed by atoms with Gasteiger partial charge >= 0.3 is 0 Å². The molecule has 0 aromatic heterocycles. The number of carbonyl (C=O) groups excluding carboxylic acids is 2. The molecule has 0 unspecified atom stereocenters. The van der Waals surface area contributed by atoms with Crippen molar-refractivity contribution >= 4 is 33.4 Å². The van der Waals surface area contributed by atoms with E-state index in [2.05, 4.69) is 33.1 Å². The van der Waals surface area contributed by atoms with Crippen LogP contribution in [0.3, 0.4) is 0 Å². The normalized spacial score (nSPS) is 9.88. The molecule has 124 valence electrons. The summed E-state index contributed by atoms with van der Waals surface area (Å²) >= 11 is 3.33. The average Bonchev–Trinajstić information content (AvgIpc) is 2.59. The third-order valence-electron chi connectivity index (χ3n) is 3.04. The van der Waals surface area contributed by atoms with Gasteiger partial charge in [0.25, 0.3) is 11.8 Å².